The molecule has 1 aliphatic rings. The summed E-state index contributed by atoms with van der Waals surface area (Å²) >= 11 is 0. The van der Waals surface area contributed by atoms with Crippen LogP contribution in [0.5, 0.6) is 34.5 Å². The van der Waals surface area contributed by atoms with E-state index in [-0.39, 0.29) is 34.5 Å². The van der Waals surface area contributed by atoms with Crippen molar-refractivity contribution in [1.29, 1.82) is 0 Å². The summed E-state index contributed by atoms with van der Waals surface area (Å²) in [5, 5.41) is 10.8. The number of rotatable bonds is 8. The fraction of sp³-hybridized carbons (Fsp3) is 0.233. The second kappa shape index (κ2) is 11.1. The Labute approximate surface area is 233 Å². The van der Waals surface area contributed by atoms with E-state index in [1.807, 2.05) is 0 Å². The van der Waals surface area contributed by atoms with Crippen molar-refractivity contribution in [3.63, 3.8) is 0 Å². The topological polar surface area (TPSA) is 140 Å². The third-order valence-electron chi connectivity index (χ3n) is 6.83. The lowest BCUT2D eigenvalue weighted by molar-refractivity contribution is -0.143. The maximum Gasteiger partial charge on any atom is 0.343 e. The monoisotopic (exact) mass is 562 g/mol. The molecule has 0 radical (unpaired) electrons. The van der Waals surface area contributed by atoms with E-state index in [4.69, 9.17) is 32.8 Å². The van der Waals surface area contributed by atoms with Crippen LogP contribution >= 0.6 is 0 Å². The van der Waals surface area contributed by atoms with Crippen LogP contribution in [0.25, 0.3) is 22.1 Å². The zero-order valence-corrected chi connectivity index (χ0v) is 22.6. The summed E-state index contributed by atoms with van der Waals surface area (Å²) in [6.45, 7) is -0.409. The molecule has 1 aliphatic heterocycles. The van der Waals surface area contributed by atoms with Gasteiger partial charge in [-0.25, -0.2) is 4.79 Å². The molecule has 1 atom stereocenters. The lowest BCUT2D eigenvalue weighted by Crippen LogP contribution is -2.23. The molecule has 11 nitrogen and oxygen atoms in total. The first-order valence-electron chi connectivity index (χ1n) is 12.4. The number of ether oxygens (including phenoxy) is 6. The van der Waals surface area contributed by atoms with Crippen LogP contribution in [0, 0.1) is 0 Å². The molecule has 0 amide bonds. The first-order valence-corrected chi connectivity index (χ1v) is 12.4. The van der Waals surface area contributed by atoms with Gasteiger partial charge in [0.15, 0.2) is 29.6 Å². The minimum Gasteiger partial charge on any atom is -0.507 e. The molecule has 1 N–H and O–H groups in total. The fourth-order valence-electron chi connectivity index (χ4n) is 4.91. The van der Waals surface area contributed by atoms with E-state index >= 15 is 0 Å². The predicted molar refractivity (Wildman–Crippen MR) is 145 cm³/mol. The first-order chi connectivity index (χ1) is 19.8. The van der Waals surface area contributed by atoms with Crippen molar-refractivity contribution in [2.75, 3.05) is 35.0 Å². The number of hydrogen-bond acceptors (Lipinski definition) is 11. The van der Waals surface area contributed by atoms with Crippen molar-refractivity contribution in [2.45, 2.75) is 12.3 Å². The Morgan fingerprint density at radius 1 is 0.976 bits per heavy atom. The summed E-state index contributed by atoms with van der Waals surface area (Å²) < 4.78 is 38.0. The van der Waals surface area contributed by atoms with Gasteiger partial charge in [0.05, 0.1) is 40.4 Å². The standard InChI is InChI=1S/C30H26O11/c1-35-20-9-8-15(10-22(20)37-3)18-13-39-30-26-17(11-24(32)41-23(26)12-19(31)27(30)28(18)34)16-6-5-7-21(36-2)29(16)40-14-25(33)38-4/h5-10,12-13,17,31H,11,14H2,1-4H3/t17-/m0/s1. The van der Waals surface area contributed by atoms with Crippen molar-refractivity contribution in [3.05, 3.63) is 70.1 Å². The van der Waals surface area contributed by atoms with Crippen molar-refractivity contribution in [3.8, 4) is 45.6 Å². The van der Waals surface area contributed by atoms with E-state index in [1.54, 1.807) is 36.4 Å². The first kappa shape index (κ1) is 27.4. The number of fused-ring (bicyclic) bond motifs is 3. The van der Waals surface area contributed by atoms with Crippen molar-refractivity contribution in [2.24, 2.45) is 0 Å². The number of phenols is 1. The molecule has 0 fully saturated rings. The molecule has 2 heterocycles. The Balaban J connectivity index is 1.72. The number of carbonyl (C=O) groups excluding carboxylic acids is 2. The van der Waals surface area contributed by atoms with Gasteiger partial charge in [0.25, 0.3) is 0 Å². The number of hydrogen-bond donors (Lipinski definition) is 1. The summed E-state index contributed by atoms with van der Waals surface area (Å²) in [4.78, 5) is 38.3. The van der Waals surface area contributed by atoms with Gasteiger partial charge in [0.2, 0.25) is 5.43 Å². The summed E-state index contributed by atoms with van der Waals surface area (Å²) in [7, 11) is 5.65. The molecule has 0 aliphatic carbocycles. The minimum atomic E-state index is -0.743. The second-order valence-corrected chi connectivity index (χ2v) is 9.03. The maximum absolute atomic E-state index is 13.8. The second-order valence-electron chi connectivity index (χ2n) is 9.03. The zero-order chi connectivity index (χ0) is 29.3. The average molecular weight is 563 g/mol. The van der Waals surface area contributed by atoms with Crippen LogP contribution in [0.3, 0.4) is 0 Å². The number of methoxy groups -OCH3 is 4. The van der Waals surface area contributed by atoms with Gasteiger partial charge in [-0.15, -0.1) is 0 Å². The quantitative estimate of drug-likeness (QED) is 0.244. The van der Waals surface area contributed by atoms with E-state index in [1.165, 1.54) is 40.8 Å². The lowest BCUT2D eigenvalue weighted by atomic mass is 9.84. The van der Waals surface area contributed by atoms with Gasteiger partial charge in [-0.1, -0.05) is 18.2 Å². The third-order valence-corrected chi connectivity index (χ3v) is 6.83. The third kappa shape index (κ3) is 4.86. The highest BCUT2D eigenvalue weighted by molar-refractivity contribution is 5.94. The van der Waals surface area contributed by atoms with Crippen LogP contribution in [0.15, 0.2) is 57.9 Å². The van der Waals surface area contributed by atoms with Gasteiger partial charge in [-0.3, -0.25) is 9.59 Å². The predicted octanol–water partition coefficient (Wildman–Crippen LogP) is 4.18. The van der Waals surface area contributed by atoms with E-state index in [2.05, 4.69) is 0 Å². The lowest BCUT2D eigenvalue weighted by Gasteiger charge is -2.27. The summed E-state index contributed by atoms with van der Waals surface area (Å²) in [5.74, 6) is -0.927. The largest absolute Gasteiger partial charge is 0.507 e. The number of carbonyl (C=O) groups is 2. The fourth-order valence-corrected chi connectivity index (χ4v) is 4.91. The Bertz CT molecular complexity index is 1720. The number of esters is 2. The van der Waals surface area contributed by atoms with Gasteiger partial charge >= 0.3 is 11.9 Å². The molecule has 0 bridgehead atoms. The zero-order valence-electron chi connectivity index (χ0n) is 22.6. The van der Waals surface area contributed by atoms with Crippen LogP contribution in [0.4, 0.5) is 0 Å². The summed E-state index contributed by atoms with van der Waals surface area (Å²) in [5.41, 5.74) is 0.996. The molecule has 11 heteroatoms. The Hall–Kier alpha value is -5.19. The normalized spacial score (nSPS) is 14.1. The van der Waals surface area contributed by atoms with Crippen LogP contribution < -0.4 is 29.1 Å². The minimum absolute atomic E-state index is 0.0278. The van der Waals surface area contributed by atoms with Crippen LogP contribution in [0.2, 0.25) is 0 Å². The van der Waals surface area contributed by atoms with Crippen LogP contribution in [-0.2, 0) is 14.3 Å². The van der Waals surface area contributed by atoms with Gasteiger partial charge in [0.1, 0.15) is 28.7 Å². The van der Waals surface area contributed by atoms with E-state index in [0.717, 1.165) is 0 Å². The molecule has 41 heavy (non-hydrogen) atoms. The number of benzene rings is 3. The summed E-state index contributed by atoms with van der Waals surface area (Å²) in [6.07, 6.45) is 1.13. The molecule has 0 saturated heterocycles. The molecule has 5 rings (SSSR count). The van der Waals surface area contributed by atoms with Crippen LogP contribution in [0.1, 0.15) is 23.5 Å². The van der Waals surface area contributed by atoms with Crippen molar-refractivity contribution < 1.29 is 47.5 Å². The van der Waals surface area contributed by atoms with Crippen molar-refractivity contribution >= 4 is 22.9 Å². The molecular weight excluding hydrogens is 536 g/mol. The highest BCUT2D eigenvalue weighted by Gasteiger charge is 2.36. The molecule has 0 spiro atoms. The van der Waals surface area contributed by atoms with E-state index in [9.17, 15) is 19.5 Å². The van der Waals surface area contributed by atoms with Gasteiger partial charge in [-0.2, -0.15) is 0 Å². The van der Waals surface area contributed by atoms with E-state index in [0.29, 0.717) is 33.9 Å². The van der Waals surface area contributed by atoms with E-state index < -0.39 is 35.6 Å². The maximum atomic E-state index is 13.8. The Kier molecular flexibility index (Phi) is 7.43. The number of phenolic OH excluding ortho intramolecular Hbond substituents is 1. The molecule has 4 aromatic rings. The van der Waals surface area contributed by atoms with Gasteiger partial charge in [-0.05, 0) is 23.8 Å². The molecular formula is C30H26O11. The highest BCUT2D eigenvalue weighted by atomic mass is 16.6. The molecule has 0 unspecified atom stereocenters. The molecule has 1 aromatic heterocycles. The highest BCUT2D eigenvalue weighted by Crippen LogP contribution is 2.49. The molecule has 0 saturated carbocycles. The Morgan fingerprint density at radius 3 is 2.44 bits per heavy atom. The number of para-hydroxylation sites is 1. The smallest absolute Gasteiger partial charge is 0.343 e. The summed E-state index contributed by atoms with van der Waals surface area (Å²) in [6, 6.07) is 11.2. The average Bonchev–Trinajstić information content (AvgIpc) is 2.98. The molecule has 3 aromatic carbocycles. The number of aromatic hydroxyl groups is 1. The van der Waals surface area contributed by atoms with Crippen LogP contribution in [-0.4, -0.2) is 52.1 Å². The van der Waals surface area contributed by atoms with Gasteiger partial charge < -0.3 is 37.9 Å². The Morgan fingerprint density at radius 2 is 1.73 bits per heavy atom. The SMILES string of the molecule is COC(=O)COc1c(OC)cccc1[C@@H]1CC(=O)Oc2cc(O)c3c(=O)c(-c4ccc(OC)c(OC)c4)coc3c21. The molecule has 212 valence electrons. The van der Waals surface area contributed by atoms with Crippen molar-refractivity contribution in [1.82, 2.24) is 0 Å². The van der Waals surface area contributed by atoms with Gasteiger partial charge in [0, 0.05) is 23.1 Å².